The highest BCUT2D eigenvalue weighted by Crippen LogP contribution is 2.37. The smallest absolute Gasteiger partial charge is 0.120 e. The molecule has 4 nitrogen and oxygen atoms in total. The van der Waals surface area contributed by atoms with E-state index in [4.69, 9.17) is 4.74 Å². The van der Waals surface area contributed by atoms with Crippen LogP contribution in [-0.4, -0.2) is 29.8 Å². The fourth-order valence-corrected chi connectivity index (χ4v) is 3.50. The number of hydrazine groups is 1. The summed E-state index contributed by atoms with van der Waals surface area (Å²) >= 11 is 0. The molecule has 0 saturated carbocycles. The Morgan fingerprint density at radius 1 is 1.08 bits per heavy atom. The minimum atomic E-state index is 0.150. The largest absolute Gasteiger partial charge is 0.489 e. The summed E-state index contributed by atoms with van der Waals surface area (Å²) in [5, 5.41) is 11.3. The monoisotopic (exact) mass is 322 g/mol. The van der Waals surface area contributed by atoms with Crippen LogP contribution >= 0.6 is 0 Å². The average molecular weight is 322 g/mol. The van der Waals surface area contributed by atoms with Gasteiger partial charge in [0.25, 0.3) is 0 Å². The lowest BCUT2D eigenvalue weighted by Crippen LogP contribution is -2.33. The molecule has 0 radical (unpaired) electrons. The molecular formula is C20H22N2O2. The maximum atomic E-state index is 9.26. The van der Waals surface area contributed by atoms with E-state index in [9.17, 15) is 5.11 Å². The first-order chi connectivity index (χ1) is 11.8. The van der Waals surface area contributed by atoms with Gasteiger partial charge < -0.3 is 14.9 Å². The molecule has 0 aromatic heterocycles. The summed E-state index contributed by atoms with van der Waals surface area (Å²) in [6, 6.07) is 16.6. The molecule has 2 N–H and O–H groups in total. The lowest BCUT2D eigenvalue weighted by molar-refractivity contribution is 0.218. The second kappa shape index (κ2) is 6.67. The Kier molecular flexibility index (Phi) is 4.24. The molecule has 124 valence electrons. The summed E-state index contributed by atoms with van der Waals surface area (Å²) in [6.07, 6.45) is 2.12. The van der Waals surface area contributed by atoms with Crippen molar-refractivity contribution in [1.82, 2.24) is 10.4 Å². The Bertz CT molecular complexity index is 755. The number of ether oxygens (including phenoxy) is 1. The lowest BCUT2D eigenvalue weighted by Gasteiger charge is -2.26. The number of β-amino-alcohol motifs (C(OH)–C–C–N with tert-alkyl or cyclic N) is 1. The van der Waals surface area contributed by atoms with E-state index in [2.05, 4.69) is 34.7 Å². The molecule has 4 heteroatoms. The topological polar surface area (TPSA) is 44.7 Å². The quantitative estimate of drug-likeness (QED) is 0.888. The molecule has 0 bridgehead atoms. The van der Waals surface area contributed by atoms with Crippen molar-refractivity contribution in [3.8, 4) is 5.75 Å². The first-order valence-electron chi connectivity index (χ1n) is 8.49. The highest BCUT2D eigenvalue weighted by molar-refractivity contribution is 5.74. The van der Waals surface area contributed by atoms with Crippen LogP contribution in [0.1, 0.15) is 23.1 Å². The molecule has 1 heterocycles. The number of rotatable bonds is 5. The Balaban J connectivity index is 1.54. The van der Waals surface area contributed by atoms with Gasteiger partial charge in [0.1, 0.15) is 12.4 Å². The van der Waals surface area contributed by atoms with Crippen LogP contribution in [0.3, 0.4) is 0 Å². The summed E-state index contributed by atoms with van der Waals surface area (Å²) < 4.78 is 5.96. The number of aryl methyl sites for hydroxylation is 1. The van der Waals surface area contributed by atoms with Crippen LogP contribution < -0.4 is 10.2 Å². The maximum absolute atomic E-state index is 9.26. The van der Waals surface area contributed by atoms with E-state index in [-0.39, 0.29) is 6.61 Å². The Hall–Kier alpha value is -2.30. The van der Waals surface area contributed by atoms with Gasteiger partial charge in [0.15, 0.2) is 0 Å². The third kappa shape index (κ3) is 2.90. The molecule has 4 rings (SSSR count). The number of aliphatic hydroxyl groups is 1. The molecular weight excluding hydrogens is 300 g/mol. The summed E-state index contributed by atoms with van der Waals surface area (Å²) in [4.78, 5) is 0. The number of aliphatic hydroxyl groups excluding tert-OH is 1. The number of hydrogen-bond donors (Lipinski definition) is 2. The van der Waals surface area contributed by atoms with Crippen LogP contribution in [0.25, 0.3) is 5.70 Å². The third-order valence-electron chi connectivity index (χ3n) is 4.69. The summed E-state index contributed by atoms with van der Waals surface area (Å²) in [5.74, 6) is 0.918. The molecule has 0 fully saturated rings. The van der Waals surface area contributed by atoms with E-state index in [1.807, 2.05) is 24.3 Å². The van der Waals surface area contributed by atoms with Crippen LogP contribution in [0, 0.1) is 0 Å². The van der Waals surface area contributed by atoms with E-state index < -0.39 is 0 Å². The summed E-state index contributed by atoms with van der Waals surface area (Å²) in [5.41, 5.74) is 9.82. The molecule has 0 amide bonds. The standard InChI is InChI=1S/C20H22N2O2/c23-11-10-22-20-17(13-21-22)7-6-16-12-18(8-9-19(16)20)24-14-15-4-2-1-3-5-15/h1-5,8-9,12,21,23H,6-7,10-11,13-14H2. The van der Waals surface area contributed by atoms with Crippen molar-refractivity contribution in [3.05, 3.63) is 70.8 Å². The van der Waals surface area contributed by atoms with Gasteiger partial charge in [-0.05, 0) is 47.7 Å². The fraction of sp³-hybridized carbons (Fsp3) is 0.300. The molecule has 0 saturated heterocycles. The van der Waals surface area contributed by atoms with Gasteiger partial charge in [-0.15, -0.1) is 0 Å². The van der Waals surface area contributed by atoms with Crippen molar-refractivity contribution in [1.29, 1.82) is 0 Å². The van der Waals surface area contributed by atoms with Gasteiger partial charge in [-0.25, -0.2) is 5.43 Å². The zero-order valence-corrected chi connectivity index (χ0v) is 13.7. The predicted molar refractivity (Wildman–Crippen MR) is 94.3 cm³/mol. The van der Waals surface area contributed by atoms with Crippen LogP contribution in [0.2, 0.25) is 0 Å². The first kappa shape index (κ1) is 15.2. The van der Waals surface area contributed by atoms with Gasteiger partial charge >= 0.3 is 0 Å². The van der Waals surface area contributed by atoms with Gasteiger partial charge in [0.05, 0.1) is 18.8 Å². The number of benzene rings is 2. The molecule has 2 aromatic rings. The molecule has 0 spiro atoms. The van der Waals surface area contributed by atoms with Crippen molar-refractivity contribution in [2.45, 2.75) is 19.4 Å². The van der Waals surface area contributed by atoms with E-state index in [0.29, 0.717) is 13.2 Å². The second-order valence-electron chi connectivity index (χ2n) is 6.26. The van der Waals surface area contributed by atoms with E-state index in [1.165, 1.54) is 28.0 Å². The Morgan fingerprint density at radius 3 is 2.79 bits per heavy atom. The molecule has 24 heavy (non-hydrogen) atoms. The minimum absolute atomic E-state index is 0.150. The Labute approximate surface area is 142 Å². The number of hydrogen-bond acceptors (Lipinski definition) is 4. The number of nitrogens with one attached hydrogen (secondary N) is 1. The van der Waals surface area contributed by atoms with Gasteiger partial charge in [-0.1, -0.05) is 30.3 Å². The predicted octanol–water partition coefficient (Wildman–Crippen LogP) is 2.74. The lowest BCUT2D eigenvalue weighted by atomic mass is 9.89. The van der Waals surface area contributed by atoms with Gasteiger partial charge in [0, 0.05) is 12.1 Å². The van der Waals surface area contributed by atoms with Crippen LogP contribution in [0.4, 0.5) is 0 Å². The maximum Gasteiger partial charge on any atom is 0.120 e. The van der Waals surface area contributed by atoms with E-state index in [0.717, 1.165) is 25.1 Å². The normalized spacial score (nSPS) is 16.1. The van der Waals surface area contributed by atoms with Crippen molar-refractivity contribution in [2.75, 3.05) is 19.7 Å². The van der Waals surface area contributed by atoms with E-state index >= 15 is 0 Å². The van der Waals surface area contributed by atoms with Crippen LogP contribution in [0.5, 0.6) is 5.75 Å². The molecule has 1 aliphatic heterocycles. The SMILES string of the molecule is OCCN1NCC2=C1c1ccc(OCc3ccccc3)cc1CC2. The molecule has 0 atom stereocenters. The molecule has 0 unspecified atom stereocenters. The van der Waals surface area contributed by atoms with Crippen molar-refractivity contribution in [2.24, 2.45) is 0 Å². The average Bonchev–Trinajstić information content (AvgIpc) is 3.04. The summed E-state index contributed by atoms with van der Waals surface area (Å²) in [7, 11) is 0. The zero-order valence-electron chi connectivity index (χ0n) is 13.7. The van der Waals surface area contributed by atoms with E-state index in [1.54, 1.807) is 0 Å². The second-order valence-corrected chi connectivity index (χ2v) is 6.26. The van der Waals surface area contributed by atoms with Gasteiger partial charge in [-0.2, -0.15) is 0 Å². The first-order valence-corrected chi connectivity index (χ1v) is 8.49. The number of fused-ring (bicyclic) bond motifs is 2. The van der Waals surface area contributed by atoms with Crippen LogP contribution in [0.15, 0.2) is 54.1 Å². The number of nitrogens with zero attached hydrogens (tertiary/aromatic N) is 1. The Morgan fingerprint density at radius 2 is 1.96 bits per heavy atom. The molecule has 2 aliphatic rings. The van der Waals surface area contributed by atoms with Gasteiger partial charge in [-0.3, -0.25) is 0 Å². The summed E-state index contributed by atoms with van der Waals surface area (Å²) in [6.45, 7) is 2.24. The zero-order chi connectivity index (χ0) is 16.4. The van der Waals surface area contributed by atoms with Crippen LogP contribution in [-0.2, 0) is 13.0 Å². The van der Waals surface area contributed by atoms with Gasteiger partial charge in [0.2, 0.25) is 0 Å². The minimum Gasteiger partial charge on any atom is -0.489 e. The highest BCUT2D eigenvalue weighted by Gasteiger charge is 2.28. The molecule has 1 aliphatic carbocycles. The molecule has 2 aromatic carbocycles. The van der Waals surface area contributed by atoms with Crippen molar-refractivity contribution in [3.63, 3.8) is 0 Å². The fourth-order valence-electron chi connectivity index (χ4n) is 3.50. The third-order valence-corrected chi connectivity index (χ3v) is 4.69. The van der Waals surface area contributed by atoms with Crippen molar-refractivity contribution < 1.29 is 9.84 Å². The highest BCUT2D eigenvalue weighted by atomic mass is 16.5. The van der Waals surface area contributed by atoms with Crippen molar-refractivity contribution >= 4 is 5.70 Å².